The summed E-state index contributed by atoms with van der Waals surface area (Å²) in [4.78, 5) is 16.0. The average Bonchev–Trinajstić information content (AvgIpc) is 3.09. The third-order valence-electron chi connectivity index (χ3n) is 4.23. The molecule has 1 saturated heterocycles. The second-order valence-corrected chi connectivity index (χ2v) is 6.11. The van der Waals surface area contributed by atoms with Gasteiger partial charge in [-0.1, -0.05) is 18.2 Å². The van der Waals surface area contributed by atoms with E-state index in [1.165, 1.54) is 0 Å². The molecule has 0 spiro atoms. The number of piperidine rings is 1. The Hall–Kier alpha value is -1.96. The van der Waals surface area contributed by atoms with Crippen LogP contribution < -0.4 is 11.1 Å². The first-order valence-corrected chi connectivity index (χ1v) is 8.43. The Morgan fingerprint density at radius 2 is 2.12 bits per heavy atom. The Morgan fingerprint density at radius 3 is 2.88 bits per heavy atom. The summed E-state index contributed by atoms with van der Waals surface area (Å²) >= 11 is 0. The molecule has 1 fully saturated rings. The summed E-state index contributed by atoms with van der Waals surface area (Å²) in [5.74, 6) is 0.146. The molecular formula is C17H25ClN6O. The average molecular weight is 365 g/mol. The second-order valence-electron chi connectivity index (χ2n) is 6.11. The number of nitrogens with zero attached hydrogens (tertiary/aromatic N) is 4. The summed E-state index contributed by atoms with van der Waals surface area (Å²) < 4.78 is 0. The number of carbonyl (C=O) groups is 1. The van der Waals surface area contributed by atoms with E-state index in [9.17, 15) is 4.79 Å². The van der Waals surface area contributed by atoms with Gasteiger partial charge in [-0.15, -0.1) is 12.4 Å². The van der Waals surface area contributed by atoms with Gasteiger partial charge in [-0.25, -0.2) is 0 Å². The molecule has 3 rings (SSSR count). The Morgan fingerprint density at radius 1 is 1.32 bits per heavy atom. The number of para-hydroxylation sites is 1. The fraction of sp³-hybridized carbons (Fsp3) is 0.471. The normalized spacial score (nSPS) is 17.7. The monoisotopic (exact) mass is 364 g/mol. The Balaban J connectivity index is 0.00000225. The summed E-state index contributed by atoms with van der Waals surface area (Å²) in [6.07, 6.45) is 3.75. The van der Waals surface area contributed by atoms with Crippen LogP contribution in [-0.2, 0) is 11.3 Å². The molecule has 1 atom stereocenters. The number of amides is 1. The number of carbonyl (C=O) groups excluding carboxylic acids is 1. The number of halogens is 1. The first-order valence-electron chi connectivity index (χ1n) is 8.43. The standard InChI is InChI=1S/C17H24N6O.ClH/c18-8-9-19-17(24)14-5-4-10-22(12-14)13-15-11-20-23(21-15)16-6-2-1-3-7-16;/h1-3,6-7,11,14H,4-5,8-10,12-13,18H2,(H,19,24);1H. The number of likely N-dealkylation sites (tertiary alicyclic amines) is 1. The number of rotatable bonds is 6. The summed E-state index contributed by atoms with van der Waals surface area (Å²) in [6, 6.07) is 9.85. The Bertz CT molecular complexity index is 662. The molecule has 0 bridgehead atoms. The van der Waals surface area contributed by atoms with Crippen molar-refractivity contribution < 1.29 is 4.79 Å². The molecule has 1 aromatic heterocycles. The molecular weight excluding hydrogens is 340 g/mol. The molecule has 1 amide bonds. The Labute approximate surface area is 154 Å². The van der Waals surface area contributed by atoms with Crippen LogP contribution in [0.1, 0.15) is 18.5 Å². The van der Waals surface area contributed by atoms with Gasteiger partial charge >= 0.3 is 0 Å². The number of hydrogen-bond acceptors (Lipinski definition) is 5. The summed E-state index contributed by atoms with van der Waals surface area (Å²) in [5, 5.41) is 11.8. The minimum atomic E-state index is 0. The second kappa shape index (κ2) is 9.50. The lowest BCUT2D eigenvalue weighted by Crippen LogP contribution is -2.43. The molecule has 1 aliphatic rings. The number of benzene rings is 1. The quantitative estimate of drug-likeness (QED) is 0.797. The lowest BCUT2D eigenvalue weighted by molar-refractivity contribution is -0.126. The number of nitrogens with one attached hydrogen (secondary N) is 1. The van der Waals surface area contributed by atoms with E-state index in [-0.39, 0.29) is 24.2 Å². The molecule has 2 aromatic rings. The van der Waals surface area contributed by atoms with Gasteiger partial charge in [0.25, 0.3) is 0 Å². The third kappa shape index (κ3) is 5.26. The van der Waals surface area contributed by atoms with Crippen molar-refractivity contribution in [2.75, 3.05) is 26.2 Å². The van der Waals surface area contributed by atoms with Crippen LogP contribution in [0.5, 0.6) is 0 Å². The lowest BCUT2D eigenvalue weighted by atomic mass is 9.97. The summed E-state index contributed by atoms with van der Waals surface area (Å²) in [7, 11) is 0. The molecule has 0 saturated carbocycles. The molecule has 0 radical (unpaired) electrons. The maximum absolute atomic E-state index is 12.1. The van der Waals surface area contributed by atoms with E-state index in [1.807, 2.05) is 30.3 Å². The van der Waals surface area contributed by atoms with Crippen LogP contribution in [0, 0.1) is 5.92 Å². The fourth-order valence-corrected chi connectivity index (χ4v) is 3.03. The van der Waals surface area contributed by atoms with E-state index in [0.717, 1.165) is 37.3 Å². The van der Waals surface area contributed by atoms with Crippen LogP contribution in [0.3, 0.4) is 0 Å². The molecule has 8 heteroatoms. The highest BCUT2D eigenvalue weighted by Gasteiger charge is 2.25. The molecule has 1 aliphatic heterocycles. The van der Waals surface area contributed by atoms with Crippen molar-refractivity contribution in [3.05, 3.63) is 42.2 Å². The van der Waals surface area contributed by atoms with Gasteiger partial charge in [0.1, 0.15) is 0 Å². The van der Waals surface area contributed by atoms with Crippen LogP contribution in [0.15, 0.2) is 36.5 Å². The van der Waals surface area contributed by atoms with Gasteiger partial charge in [0.2, 0.25) is 5.91 Å². The highest BCUT2D eigenvalue weighted by atomic mass is 35.5. The maximum Gasteiger partial charge on any atom is 0.224 e. The van der Waals surface area contributed by atoms with E-state index in [1.54, 1.807) is 11.0 Å². The predicted molar refractivity (Wildman–Crippen MR) is 98.7 cm³/mol. The van der Waals surface area contributed by atoms with Gasteiger partial charge in [-0.3, -0.25) is 9.69 Å². The van der Waals surface area contributed by atoms with Crippen molar-refractivity contribution in [3.63, 3.8) is 0 Å². The minimum absolute atomic E-state index is 0. The van der Waals surface area contributed by atoms with E-state index >= 15 is 0 Å². The fourth-order valence-electron chi connectivity index (χ4n) is 3.03. The molecule has 25 heavy (non-hydrogen) atoms. The van der Waals surface area contributed by atoms with Crippen molar-refractivity contribution in [2.45, 2.75) is 19.4 Å². The van der Waals surface area contributed by atoms with Crippen molar-refractivity contribution in [1.29, 1.82) is 0 Å². The zero-order valence-corrected chi connectivity index (χ0v) is 15.0. The predicted octanol–water partition coefficient (Wildman–Crippen LogP) is 0.976. The third-order valence-corrected chi connectivity index (χ3v) is 4.23. The first kappa shape index (κ1) is 19.4. The van der Waals surface area contributed by atoms with Gasteiger partial charge in [0.05, 0.1) is 23.5 Å². The number of hydrogen-bond donors (Lipinski definition) is 2. The van der Waals surface area contributed by atoms with Crippen LogP contribution >= 0.6 is 12.4 Å². The van der Waals surface area contributed by atoms with Gasteiger partial charge in [-0.05, 0) is 31.5 Å². The van der Waals surface area contributed by atoms with Gasteiger partial charge < -0.3 is 11.1 Å². The number of aromatic nitrogens is 3. The SMILES string of the molecule is Cl.NCCNC(=O)C1CCCN(Cc2cnn(-c3ccccc3)n2)C1. The first-order chi connectivity index (χ1) is 11.8. The van der Waals surface area contributed by atoms with Gasteiger partial charge in [-0.2, -0.15) is 15.0 Å². The van der Waals surface area contributed by atoms with Gasteiger partial charge in [0.15, 0.2) is 0 Å². The molecule has 1 unspecified atom stereocenters. The van der Waals surface area contributed by atoms with Gasteiger partial charge in [0, 0.05) is 26.2 Å². The Kier molecular flexibility index (Phi) is 7.36. The van der Waals surface area contributed by atoms with E-state index < -0.39 is 0 Å². The van der Waals surface area contributed by atoms with E-state index in [2.05, 4.69) is 20.4 Å². The van der Waals surface area contributed by atoms with Crippen molar-refractivity contribution in [2.24, 2.45) is 11.7 Å². The maximum atomic E-state index is 12.1. The zero-order chi connectivity index (χ0) is 16.8. The molecule has 3 N–H and O–H groups in total. The van der Waals surface area contributed by atoms with E-state index in [4.69, 9.17) is 5.73 Å². The van der Waals surface area contributed by atoms with Crippen LogP contribution in [0.25, 0.3) is 5.69 Å². The molecule has 7 nitrogen and oxygen atoms in total. The van der Waals surface area contributed by atoms with Crippen molar-refractivity contribution >= 4 is 18.3 Å². The van der Waals surface area contributed by atoms with Crippen molar-refractivity contribution in [3.8, 4) is 5.69 Å². The van der Waals surface area contributed by atoms with E-state index in [0.29, 0.717) is 19.6 Å². The largest absolute Gasteiger partial charge is 0.355 e. The summed E-state index contributed by atoms with van der Waals surface area (Å²) in [5.41, 5.74) is 7.31. The molecule has 136 valence electrons. The topological polar surface area (TPSA) is 89.1 Å². The zero-order valence-electron chi connectivity index (χ0n) is 14.2. The van der Waals surface area contributed by atoms with Crippen LogP contribution in [-0.4, -0.2) is 52.0 Å². The molecule has 0 aliphatic carbocycles. The minimum Gasteiger partial charge on any atom is -0.355 e. The van der Waals surface area contributed by atoms with Crippen LogP contribution in [0.4, 0.5) is 0 Å². The highest BCUT2D eigenvalue weighted by Crippen LogP contribution is 2.18. The van der Waals surface area contributed by atoms with Crippen LogP contribution in [0.2, 0.25) is 0 Å². The molecule has 1 aromatic carbocycles. The highest BCUT2D eigenvalue weighted by molar-refractivity contribution is 5.85. The number of nitrogens with two attached hydrogens (primary N) is 1. The van der Waals surface area contributed by atoms with Crippen molar-refractivity contribution in [1.82, 2.24) is 25.2 Å². The molecule has 2 heterocycles. The lowest BCUT2D eigenvalue weighted by Gasteiger charge is -2.31. The summed E-state index contributed by atoms with van der Waals surface area (Å²) in [6.45, 7) is 3.48. The smallest absolute Gasteiger partial charge is 0.224 e.